The molecule has 0 saturated carbocycles. The van der Waals surface area contributed by atoms with E-state index < -0.39 is 0 Å². The number of nitrogens with one attached hydrogen (secondary N) is 1. The molecule has 20 heavy (non-hydrogen) atoms. The zero-order chi connectivity index (χ0) is 13.9. The molecule has 2 aromatic heterocycles. The molecule has 1 unspecified atom stereocenters. The summed E-state index contributed by atoms with van der Waals surface area (Å²) < 4.78 is 2.28. The SMILES string of the molecule is CN(C)c1ncc(CNCC2CCCn3ccnc32)s1. The maximum absolute atomic E-state index is 4.50. The fraction of sp³-hybridized carbons (Fsp3) is 0.571. The van der Waals surface area contributed by atoms with Gasteiger partial charge < -0.3 is 14.8 Å². The molecule has 0 radical (unpaired) electrons. The average Bonchev–Trinajstić information content (AvgIpc) is 3.07. The van der Waals surface area contributed by atoms with E-state index in [4.69, 9.17) is 0 Å². The number of aromatic nitrogens is 3. The predicted octanol–water partition coefficient (Wildman–Crippen LogP) is 2.07. The van der Waals surface area contributed by atoms with Crippen LogP contribution in [0.1, 0.15) is 29.5 Å². The van der Waals surface area contributed by atoms with Crippen LogP contribution in [0.5, 0.6) is 0 Å². The number of fused-ring (bicyclic) bond motifs is 1. The first-order valence-corrected chi connectivity index (χ1v) is 7.89. The molecular weight excluding hydrogens is 270 g/mol. The van der Waals surface area contributed by atoms with Crippen LogP contribution in [0.25, 0.3) is 0 Å². The summed E-state index contributed by atoms with van der Waals surface area (Å²) in [6.45, 7) is 3.00. The van der Waals surface area contributed by atoms with Gasteiger partial charge in [-0.1, -0.05) is 0 Å². The summed E-state index contributed by atoms with van der Waals surface area (Å²) in [7, 11) is 4.05. The Hall–Kier alpha value is -1.40. The maximum atomic E-state index is 4.50. The van der Waals surface area contributed by atoms with E-state index in [-0.39, 0.29) is 0 Å². The first-order chi connectivity index (χ1) is 9.74. The standard InChI is InChI=1S/C14H21N5S/c1-18(2)14-17-10-12(20-14)9-15-8-11-4-3-6-19-7-5-16-13(11)19/h5,7,10-11,15H,3-4,6,8-9H2,1-2H3. The van der Waals surface area contributed by atoms with Crippen molar-refractivity contribution in [3.05, 3.63) is 29.3 Å². The highest BCUT2D eigenvalue weighted by Gasteiger charge is 2.20. The lowest BCUT2D eigenvalue weighted by atomic mass is 9.99. The van der Waals surface area contributed by atoms with Crippen LogP contribution in [0, 0.1) is 0 Å². The average molecular weight is 291 g/mol. The van der Waals surface area contributed by atoms with Gasteiger partial charge in [-0.05, 0) is 12.8 Å². The van der Waals surface area contributed by atoms with Crippen LogP contribution in [0.3, 0.4) is 0 Å². The van der Waals surface area contributed by atoms with E-state index >= 15 is 0 Å². The molecule has 108 valence electrons. The zero-order valence-corrected chi connectivity index (χ0v) is 12.9. The molecule has 0 aliphatic carbocycles. The number of nitrogens with zero attached hydrogens (tertiary/aromatic N) is 4. The highest BCUT2D eigenvalue weighted by Crippen LogP contribution is 2.25. The van der Waals surface area contributed by atoms with Gasteiger partial charge in [0.2, 0.25) is 0 Å². The Morgan fingerprint density at radius 3 is 3.15 bits per heavy atom. The number of hydrogen-bond donors (Lipinski definition) is 1. The van der Waals surface area contributed by atoms with Gasteiger partial charge in [-0.3, -0.25) is 0 Å². The number of hydrogen-bond acceptors (Lipinski definition) is 5. The minimum atomic E-state index is 0.542. The van der Waals surface area contributed by atoms with Gasteiger partial charge in [0.15, 0.2) is 5.13 Å². The maximum Gasteiger partial charge on any atom is 0.185 e. The summed E-state index contributed by atoms with van der Waals surface area (Å²) in [5, 5.41) is 4.62. The Bertz CT molecular complexity index is 559. The fourth-order valence-electron chi connectivity index (χ4n) is 2.66. The molecule has 0 bridgehead atoms. The van der Waals surface area contributed by atoms with Crippen molar-refractivity contribution in [1.29, 1.82) is 0 Å². The van der Waals surface area contributed by atoms with Gasteiger partial charge in [-0.25, -0.2) is 9.97 Å². The molecule has 1 aliphatic rings. The van der Waals surface area contributed by atoms with Crippen LogP contribution in [0.2, 0.25) is 0 Å². The molecule has 0 spiro atoms. The largest absolute Gasteiger partial charge is 0.354 e. The Labute approximate surface area is 123 Å². The van der Waals surface area contributed by atoms with Gasteiger partial charge in [0, 0.05) is 63.1 Å². The van der Waals surface area contributed by atoms with Crippen molar-refractivity contribution >= 4 is 16.5 Å². The van der Waals surface area contributed by atoms with Gasteiger partial charge in [0.25, 0.3) is 0 Å². The van der Waals surface area contributed by atoms with Crippen molar-refractivity contribution in [2.45, 2.75) is 31.8 Å². The molecule has 0 fully saturated rings. The summed E-state index contributed by atoms with van der Waals surface area (Å²) in [5.74, 6) is 1.78. The van der Waals surface area contributed by atoms with Crippen LogP contribution in [0.4, 0.5) is 5.13 Å². The third-order valence-corrected chi connectivity index (χ3v) is 4.84. The van der Waals surface area contributed by atoms with Gasteiger partial charge in [-0.15, -0.1) is 11.3 Å². The van der Waals surface area contributed by atoms with E-state index in [1.54, 1.807) is 11.3 Å². The lowest BCUT2D eigenvalue weighted by Crippen LogP contribution is -2.26. The monoisotopic (exact) mass is 291 g/mol. The Morgan fingerprint density at radius 1 is 1.45 bits per heavy atom. The number of aryl methyl sites for hydroxylation is 1. The van der Waals surface area contributed by atoms with Crippen molar-refractivity contribution in [3.63, 3.8) is 0 Å². The van der Waals surface area contributed by atoms with Gasteiger partial charge in [0.1, 0.15) is 5.82 Å². The molecule has 6 heteroatoms. The predicted molar refractivity (Wildman–Crippen MR) is 82.3 cm³/mol. The van der Waals surface area contributed by atoms with Crippen molar-refractivity contribution in [2.24, 2.45) is 0 Å². The Kier molecular flexibility index (Phi) is 4.03. The second kappa shape index (κ2) is 5.93. The quantitative estimate of drug-likeness (QED) is 0.916. The topological polar surface area (TPSA) is 46.0 Å². The Balaban J connectivity index is 1.53. The molecule has 0 aromatic carbocycles. The molecule has 1 atom stereocenters. The van der Waals surface area contributed by atoms with Gasteiger partial charge >= 0.3 is 0 Å². The smallest absolute Gasteiger partial charge is 0.185 e. The second-order valence-electron chi connectivity index (χ2n) is 5.45. The molecule has 3 rings (SSSR count). The Morgan fingerprint density at radius 2 is 2.35 bits per heavy atom. The summed E-state index contributed by atoms with van der Waals surface area (Å²) in [5.41, 5.74) is 0. The second-order valence-corrected chi connectivity index (χ2v) is 6.55. The number of anilines is 1. The number of imidazole rings is 1. The minimum Gasteiger partial charge on any atom is -0.354 e. The van der Waals surface area contributed by atoms with Gasteiger partial charge in [0.05, 0.1) is 0 Å². The third kappa shape index (κ3) is 2.86. The van der Waals surface area contributed by atoms with Crippen molar-refractivity contribution in [1.82, 2.24) is 19.9 Å². The van der Waals surface area contributed by atoms with E-state index in [9.17, 15) is 0 Å². The van der Waals surface area contributed by atoms with Gasteiger partial charge in [-0.2, -0.15) is 0 Å². The molecule has 2 aromatic rings. The van der Waals surface area contributed by atoms with E-state index in [1.165, 1.54) is 23.5 Å². The molecule has 0 amide bonds. The molecule has 0 saturated heterocycles. The van der Waals surface area contributed by atoms with E-state index in [0.717, 1.165) is 24.8 Å². The highest BCUT2D eigenvalue weighted by molar-refractivity contribution is 7.15. The minimum absolute atomic E-state index is 0.542. The van der Waals surface area contributed by atoms with Crippen LogP contribution in [-0.4, -0.2) is 35.2 Å². The van der Waals surface area contributed by atoms with E-state index in [2.05, 4.69) is 26.0 Å². The van der Waals surface area contributed by atoms with Crippen LogP contribution >= 0.6 is 11.3 Å². The van der Waals surface area contributed by atoms with Crippen molar-refractivity contribution < 1.29 is 0 Å². The normalized spacial score (nSPS) is 18.0. The number of rotatable bonds is 5. The zero-order valence-electron chi connectivity index (χ0n) is 12.0. The highest BCUT2D eigenvalue weighted by atomic mass is 32.1. The third-order valence-electron chi connectivity index (χ3n) is 3.68. The first-order valence-electron chi connectivity index (χ1n) is 7.08. The lowest BCUT2D eigenvalue weighted by Gasteiger charge is -2.23. The van der Waals surface area contributed by atoms with E-state index in [1.807, 2.05) is 31.4 Å². The molecule has 3 heterocycles. The summed E-state index contributed by atoms with van der Waals surface area (Å²) in [6, 6.07) is 0. The van der Waals surface area contributed by atoms with Crippen molar-refractivity contribution in [3.8, 4) is 0 Å². The molecule has 1 N–H and O–H groups in total. The lowest BCUT2D eigenvalue weighted by molar-refractivity contribution is 0.423. The van der Waals surface area contributed by atoms with E-state index in [0.29, 0.717) is 5.92 Å². The fourth-order valence-corrected chi connectivity index (χ4v) is 3.46. The number of thiazole rings is 1. The molecular formula is C14H21N5S. The van der Waals surface area contributed by atoms with Crippen LogP contribution < -0.4 is 10.2 Å². The summed E-state index contributed by atoms with van der Waals surface area (Å²) in [4.78, 5) is 12.2. The van der Waals surface area contributed by atoms with Crippen molar-refractivity contribution in [2.75, 3.05) is 25.5 Å². The van der Waals surface area contributed by atoms with Crippen LogP contribution in [-0.2, 0) is 13.1 Å². The van der Waals surface area contributed by atoms with Crippen LogP contribution in [0.15, 0.2) is 18.6 Å². The summed E-state index contributed by atoms with van der Waals surface area (Å²) >= 11 is 1.75. The summed E-state index contributed by atoms with van der Waals surface area (Å²) in [6.07, 6.45) is 8.46. The first kappa shape index (κ1) is 13.6. The molecule has 1 aliphatic heterocycles. The molecule has 5 nitrogen and oxygen atoms in total.